The Bertz CT molecular complexity index is 537. The minimum Gasteiger partial charge on any atom is -0.329 e. The Morgan fingerprint density at radius 3 is 2.55 bits per heavy atom. The molecule has 0 spiro atoms. The summed E-state index contributed by atoms with van der Waals surface area (Å²) >= 11 is 0.974. The number of carbonyl (C=O) groups excluding carboxylic acids is 2. The number of nitrogens with zero attached hydrogens (tertiary/aromatic N) is 1. The summed E-state index contributed by atoms with van der Waals surface area (Å²) in [7, 11) is 0. The number of nitrogens with two attached hydrogens (primary N) is 1. The van der Waals surface area contributed by atoms with E-state index in [1.807, 2.05) is 12.1 Å². The molecule has 0 saturated carbocycles. The number of thioether (sulfide) groups is 1. The molecular formula is C15H18N2O2S. The lowest BCUT2D eigenvalue weighted by Gasteiger charge is -2.09. The van der Waals surface area contributed by atoms with Crippen molar-refractivity contribution in [2.45, 2.75) is 19.8 Å². The molecule has 1 aromatic rings. The van der Waals surface area contributed by atoms with E-state index in [2.05, 4.69) is 19.1 Å². The van der Waals surface area contributed by atoms with E-state index in [1.54, 1.807) is 6.08 Å². The summed E-state index contributed by atoms with van der Waals surface area (Å²) in [6.07, 6.45) is 3.92. The Morgan fingerprint density at radius 2 is 1.95 bits per heavy atom. The molecule has 1 fully saturated rings. The Balaban J connectivity index is 2.15. The molecule has 2 rings (SSSR count). The second-order valence-corrected chi connectivity index (χ2v) is 5.61. The largest absolute Gasteiger partial charge is 0.329 e. The fraction of sp³-hybridized carbons (Fsp3) is 0.333. The van der Waals surface area contributed by atoms with Crippen LogP contribution in [0.25, 0.3) is 6.08 Å². The zero-order valence-electron chi connectivity index (χ0n) is 11.5. The lowest BCUT2D eigenvalue weighted by molar-refractivity contribution is -0.122. The average molecular weight is 290 g/mol. The fourth-order valence-corrected chi connectivity index (χ4v) is 2.91. The lowest BCUT2D eigenvalue weighted by atomic mass is 10.1. The zero-order chi connectivity index (χ0) is 14.5. The van der Waals surface area contributed by atoms with Gasteiger partial charge in [-0.05, 0) is 35.4 Å². The van der Waals surface area contributed by atoms with E-state index >= 15 is 0 Å². The van der Waals surface area contributed by atoms with Gasteiger partial charge in [0, 0.05) is 13.1 Å². The van der Waals surface area contributed by atoms with Gasteiger partial charge in [-0.1, -0.05) is 37.6 Å². The molecule has 0 atom stereocenters. The summed E-state index contributed by atoms with van der Waals surface area (Å²) in [6.45, 7) is 2.70. The lowest BCUT2D eigenvalue weighted by Crippen LogP contribution is -2.33. The van der Waals surface area contributed by atoms with Gasteiger partial charge < -0.3 is 5.73 Å². The summed E-state index contributed by atoms with van der Waals surface area (Å²) in [5, 5.41) is -0.241. The van der Waals surface area contributed by atoms with Crippen LogP contribution >= 0.6 is 11.8 Å². The van der Waals surface area contributed by atoms with Crippen molar-refractivity contribution in [3.05, 3.63) is 40.3 Å². The van der Waals surface area contributed by atoms with Gasteiger partial charge in [0.25, 0.3) is 11.1 Å². The Morgan fingerprint density at radius 1 is 1.25 bits per heavy atom. The van der Waals surface area contributed by atoms with Crippen molar-refractivity contribution in [1.82, 2.24) is 4.90 Å². The standard InChI is InChI=1S/C15H18N2O2S/c1-2-3-11-4-6-12(7-5-11)10-13-14(18)17(9-8-16)15(19)20-13/h4-7,10H,2-3,8-9,16H2,1H3/b13-10-. The Kier molecular flexibility index (Phi) is 4.98. The molecule has 2 N–H and O–H groups in total. The molecule has 0 radical (unpaired) electrons. The minimum atomic E-state index is -0.247. The number of aryl methyl sites for hydroxylation is 1. The highest BCUT2D eigenvalue weighted by atomic mass is 32.2. The number of hydrogen-bond acceptors (Lipinski definition) is 4. The van der Waals surface area contributed by atoms with Crippen molar-refractivity contribution in [2.24, 2.45) is 5.73 Å². The Hall–Kier alpha value is -1.59. The number of imide groups is 1. The van der Waals surface area contributed by atoms with Crippen molar-refractivity contribution >= 4 is 29.0 Å². The SMILES string of the molecule is CCCc1ccc(/C=C2\SC(=O)N(CCN)C2=O)cc1. The van der Waals surface area contributed by atoms with Crippen LogP contribution in [0.4, 0.5) is 4.79 Å². The van der Waals surface area contributed by atoms with Crippen LogP contribution in [-0.2, 0) is 11.2 Å². The molecule has 20 heavy (non-hydrogen) atoms. The van der Waals surface area contributed by atoms with E-state index in [-0.39, 0.29) is 24.2 Å². The van der Waals surface area contributed by atoms with Crippen molar-refractivity contribution in [2.75, 3.05) is 13.1 Å². The number of benzene rings is 1. The van der Waals surface area contributed by atoms with Gasteiger partial charge in [0.05, 0.1) is 4.91 Å². The van der Waals surface area contributed by atoms with Crippen LogP contribution in [-0.4, -0.2) is 29.1 Å². The van der Waals surface area contributed by atoms with Crippen LogP contribution in [0, 0.1) is 0 Å². The predicted octanol–water partition coefficient (Wildman–Crippen LogP) is 2.63. The second kappa shape index (κ2) is 6.72. The molecule has 106 valence electrons. The number of hydrogen-bond donors (Lipinski definition) is 1. The third-order valence-electron chi connectivity index (χ3n) is 3.04. The monoisotopic (exact) mass is 290 g/mol. The maximum atomic E-state index is 12.0. The van der Waals surface area contributed by atoms with Crippen molar-refractivity contribution < 1.29 is 9.59 Å². The first kappa shape index (κ1) is 14.8. The quantitative estimate of drug-likeness (QED) is 0.847. The third kappa shape index (κ3) is 3.29. The van der Waals surface area contributed by atoms with Crippen molar-refractivity contribution in [3.63, 3.8) is 0 Å². The fourth-order valence-electron chi connectivity index (χ4n) is 2.04. The highest BCUT2D eigenvalue weighted by Gasteiger charge is 2.34. The molecule has 5 heteroatoms. The topological polar surface area (TPSA) is 63.4 Å². The number of carbonyl (C=O) groups is 2. The highest BCUT2D eigenvalue weighted by Crippen LogP contribution is 2.31. The van der Waals surface area contributed by atoms with E-state index in [9.17, 15) is 9.59 Å². The zero-order valence-corrected chi connectivity index (χ0v) is 12.3. The molecule has 0 aliphatic carbocycles. The molecule has 2 amide bonds. The van der Waals surface area contributed by atoms with Crippen molar-refractivity contribution in [1.29, 1.82) is 0 Å². The smallest absolute Gasteiger partial charge is 0.293 e. The molecule has 0 bridgehead atoms. The molecule has 1 saturated heterocycles. The van der Waals surface area contributed by atoms with E-state index in [0.29, 0.717) is 4.91 Å². The van der Waals surface area contributed by atoms with Gasteiger partial charge in [-0.15, -0.1) is 0 Å². The van der Waals surface area contributed by atoms with Gasteiger partial charge in [-0.2, -0.15) is 0 Å². The molecule has 0 aromatic heterocycles. The highest BCUT2D eigenvalue weighted by molar-refractivity contribution is 8.18. The molecule has 1 aliphatic heterocycles. The molecular weight excluding hydrogens is 272 g/mol. The maximum Gasteiger partial charge on any atom is 0.293 e. The van der Waals surface area contributed by atoms with Crippen LogP contribution in [0.5, 0.6) is 0 Å². The second-order valence-electron chi connectivity index (χ2n) is 4.61. The average Bonchev–Trinajstić information content (AvgIpc) is 2.69. The predicted molar refractivity (Wildman–Crippen MR) is 82.2 cm³/mol. The summed E-state index contributed by atoms with van der Waals surface area (Å²) in [4.78, 5) is 25.4. The Labute approximate surface area is 123 Å². The summed E-state index contributed by atoms with van der Waals surface area (Å²) in [5.41, 5.74) is 7.61. The van der Waals surface area contributed by atoms with Crippen LogP contribution in [0.15, 0.2) is 29.2 Å². The number of amides is 2. The van der Waals surface area contributed by atoms with Crippen LogP contribution in [0.1, 0.15) is 24.5 Å². The maximum absolute atomic E-state index is 12.0. The first-order valence-electron chi connectivity index (χ1n) is 6.70. The third-order valence-corrected chi connectivity index (χ3v) is 3.95. The summed E-state index contributed by atoms with van der Waals surface area (Å²) < 4.78 is 0. The van der Waals surface area contributed by atoms with Gasteiger partial charge in [-0.3, -0.25) is 14.5 Å². The van der Waals surface area contributed by atoms with E-state index < -0.39 is 0 Å². The number of rotatable bonds is 5. The summed E-state index contributed by atoms with van der Waals surface area (Å²) in [5.74, 6) is -0.247. The van der Waals surface area contributed by atoms with E-state index in [4.69, 9.17) is 5.73 Å². The van der Waals surface area contributed by atoms with E-state index in [0.717, 1.165) is 30.2 Å². The van der Waals surface area contributed by atoms with Gasteiger partial charge in [-0.25, -0.2) is 0 Å². The van der Waals surface area contributed by atoms with E-state index in [1.165, 1.54) is 10.5 Å². The van der Waals surface area contributed by atoms with Crippen LogP contribution < -0.4 is 5.73 Å². The summed E-state index contributed by atoms with van der Waals surface area (Å²) in [6, 6.07) is 8.06. The van der Waals surface area contributed by atoms with Crippen LogP contribution in [0.3, 0.4) is 0 Å². The van der Waals surface area contributed by atoms with Crippen LogP contribution in [0.2, 0.25) is 0 Å². The van der Waals surface area contributed by atoms with Gasteiger partial charge >= 0.3 is 0 Å². The van der Waals surface area contributed by atoms with Gasteiger partial charge in [0.1, 0.15) is 0 Å². The molecule has 4 nitrogen and oxygen atoms in total. The molecule has 1 heterocycles. The normalized spacial score (nSPS) is 17.3. The first-order valence-corrected chi connectivity index (χ1v) is 7.51. The molecule has 1 aliphatic rings. The first-order chi connectivity index (χ1) is 9.65. The molecule has 1 aromatic carbocycles. The van der Waals surface area contributed by atoms with Crippen molar-refractivity contribution in [3.8, 4) is 0 Å². The minimum absolute atomic E-state index is 0.241. The van der Waals surface area contributed by atoms with Gasteiger partial charge in [0.15, 0.2) is 0 Å². The van der Waals surface area contributed by atoms with Gasteiger partial charge in [0.2, 0.25) is 0 Å². The molecule has 0 unspecified atom stereocenters.